The number of aromatic nitrogens is 1. The van der Waals surface area contributed by atoms with E-state index in [2.05, 4.69) is 21.0 Å². The Morgan fingerprint density at radius 2 is 1.76 bits per heavy atom. The normalized spacial score (nSPS) is 10.5. The number of ether oxygens (including phenoxy) is 1. The number of amides is 2. The lowest BCUT2D eigenvalue weighted by atomic mass is 10.1. The Balaban J connectivity index is 1.41. The summed E-state index contributed by atoms with van der Waals surface area (Å²) in [4.78, 5) is 31.3. The molecular formula is C26H23N3O3S2. The van der Waals surface area contributed by atoms with E-state index in [1.165, 1.54) is 0 Å². The van der Waals surface area contributed by atoms with E-state index < -0.39 is 0 Å². The molecule has 0 fully saturated rings. The van der Waals surface area contributed by atoms with Crippen molar-refractivity contribution < 1.29 is 14.3 Å². The Kier molecular flexibility index (Phi) is 7.61. The Labute approximate surface area is 206 Å². The number of carbonyl (C=O) groups excluding carboxylic acids is 2. The number of anilines is 2. The van der Waals surface area contributed by atoms with Gasteiger partial charge in [-0.1, -0.05) is 18.2 Å². The van der Waals surface area contributed by atoms with Crippen molar-refractivity contribution >= 4 is 46.3 Å². The van der Waals surface area contributed by atoms with E-state index in [4.69, 9.17) is 4.74 Å². The first kappa shape index (κ1) is 23.5. The van der Waals surface area contributed by atoms with Gasteiger partial charge in [0, 0.05) is 33.3 Å². The molecule has 0 saturated carbocycles. The first-order valence-electron chi connectivity index (χ1n) is 10.5. The van der Waals surface area contributed by atoms with Crippen LogP contribution in [-0.2, 0) is 5.75 Å². The fourth-order valence-corrected chi connectivity index (χ4v) is 4.73. The molecule has 0 bridgehead atoms. The van der Waals surface area contributed by atoms with Gasteiger partial charge in [-0.25, -0.2) is 4.98 Å². The highest BCUT2D eigenvalue weighted by Gasteiger charge is 2.15. The smallest absolute Gasteiger partial charge is 0.257 e. The summed E-state index contributed by atoms with van der Waals surface area (Å²) in [5.41, 5.74) is 2.97. The molecule has 0 unspecified atom stereocenters. The van der Waals surface area contributed by atoms with Crippen LogP contribution < -0.4 is 15.4 Å². The van der Waals surface area contributed by atoms with Crippen LogP contribution >= 0.6 is 23.1 Å². The minimum atomic E-state index is -0.326. The van der Waals surface area contributed by atoms with E-state index in [-0.39, 0.29) is 11.8 Å². The van der Waals surface area contributed by atoms with Gasteiger partial charge in [-0.05, 0) is 55.5 Å². The number of nitrogens with one attached hydrogen (secondary N) is 2. The summed E-state index contributed by atoms with van der Waals surface area (Å²) in [7, 11) is 1.57. The molecule has 2 N–H and O–H groups in total. The molecule has 0 saturated heterocycles. The number of rotatable bonds is 8. The molecule has 1 heterocycles. The molecule has 0 aliphatic rings. The van der Waals surface area contributed by atoms with Gasteiger partial charge in [0.1, 0.15) is 5.75 Å². The lowest BCUT2D eigenvalue weighted by Crippen LogP contribution is -2.18. The summed E-state index contributed by atoms with van der Waals surface area (Å²) in [6, 6.07) is 21.4. The van der Waals surface area contributed by atoms with Crippen LogP contribution in [0.3, 0.4) is 0 Å². The fourth-order valence-electron chi connectivity index (χ4n) is 3.22. The lowest BCUT2D eigenvalue weighted by molar-refractivity contribution is 0.102. The molecule has 0 aliphatic carbocycles. The molecule has 0 spiro atoms. The van der Waals surface area contributed by atoms with E-state index in [1.54, 1.807) is 90.9 Å². The Bertz CT molecular complexity index is 1300. The summed E-state index contributed by atoms with van der Waals surface area (Å²) in [6.45, 7) is 1.99. The predicted molar refractivity (Wildman–Crippen MR) is 138 cm³/mol. The number of hydrogen-bond donors (Lipinski definition) is 2. The number of carbonyl (C=O) groups is 2. The molecule has 3 aromatic carbocycles. The van der Waals surface area contributed by atoms with Crippen molar-refractivity contribution in [3.63, 3.8) is 0 Å². The van der Waals surface area contributed by atoms with Crippen LogP contribution in [-0.4, -0.2) is 23.9 Å². The highest BCUT2D eigenvalue weighted by Crippen LogP contribution is 2.25. The largest absolute Gasteiger partial charge is 0.497 e. The number of thioether (sulfide) groups is 1. The zero-order chi connectivity index (χ0) is 23.9. The maximum atomic E-state index is 12.9. The van der Waals surface area contributed by atoms with E-state index in [0.29, 0.717) is 28.3 Å². The minimum absolute atomic E-state index is 0.284. The number of thiazole rings is 1. The van der Waals surface area contributed by atoms with Crippen LogP contribution in [0.15, 0.2) is 83.1 Å². The average molecular weight is 490 g/mol. The molecule has 1 aromatic heterocycles. The van der Waals surface area contributed by atoms with Crippen molar-refractivity contribution in [3.05, 3.63) is 100 Å². The first-order chi connectivity index (χ1) is 16.5. The summed E-state index contributed by atoms with van der Waals surface area (Å²) in [6.07, 6.45) is 0. The molecule has 0 radical (unpaired) electrons. The number of nitrogens with zero attached hydrogens (tertiary/aromatic N) is 1. The number of aryl methyl sites for hydroxylation is 1. The second kappa shape index (κ2) is 11.0. The van der Waals surface area contributed by atoms with E-state index in [9.17, 15) is 9.59 Å². The Morgan fingerprint density at radius 1 is 0.971 bits per heavy atom. The zero-order valence-electron chi connectivity index (χ0n) is 18.7. The van der Waals surface area contributed by atoms with Crippen LogP contribution in [0, 0.1) is 6.92 Å². The summed E-state index contributed by atoms with van der Waals surface area (Å²) < 4.78 is 5.20. The van der Waals surface area contributed by atoms with Gasteiger partial charge in [-0.15, -0.1) is 23.1 Å². The second-order valence-electron chi connectivity index (χ2n) is 7.36. The molecule has 8 heteroatoms. The Morgan fingerprint density at radius 3 is 2.50 bits per heavy atom. The third-order valence-electron chi connectivity index (χ3n) is 4.92. The van der Waals surface area contributed by atoms with Crippen molar-refractivity contribution in [3.8, 4) is 5.75 Å². The van der Waals surface area contributed by atoms with Gasteiger partial charge < -0.3 is 15.4 Å². The van der Waals surface area contributed by atoms with E-state index in [1.807, 2.05) is 19.1 Å². The third-order valence-corrected chi connectivity index (χ3v) is 6.79. The minimum Gasteiger partial charge on any atom is -0.497 e. The maximum Gasteiger partial charge on any atom is 0.257 e. The van der Waals surface area contributed by atoms with Gasteiger partial charge in [0.25, 0.3) is 11.8 Å². The molecule has 172 valence electrons. The predicted octanol–water partition coefficient (Wildman–Crippen LogP) is 6.26. The lowest BCUT2D eigenvalue weighted by Gasteiger charge is -2.12. The molecule has 4 aromatic rings. The third kappa shape index (κ3) is 6.03. The molecule has 6 nitrogen and oxygen atoms in total. The molecule has 0 atom stereocenters. The van der Waals surface area contributed by atoms with Gasteiger partial charge in [-0.3, -0.25) is 9.59 Å². The molecule has 4 rings (SSSR count). The number of benzene rings is 3. The van der Waals surface area contributed by atoms with Crippen molar-refractivity contribution in [1.29, 1.82) is 0 Å². The van der Waals surface area contributed by atoms with Crippen LogP contribution in [0.4, 0.5) is 11.4 Å². The van der Waals surface area contributed by atoms with Crippen molar-refractivity contribution in [1.82, 2.24) is 4.98 Å². The van der Waals surface area contributed by atoms with Crippen molar-refractivity contribution in [2.45, 2.75) is 17.6 Å². The van der Waals surface area contributed by atoms with Gasteiger partial charge in [0.05, 0.1) is 29.1 Å². The quantitative estimate of drug-likeness (QED) is 0.286. The molecular weight excluding hydrogens is 466 g/mol. The number of para-hydroxylation sites is 1. The van der Waals surface area contributed by atoms with Crippen molar-refractivity contribution in [2.24, 2.45) is 0 Å². The molecule has 34 heavy (non-hydrogen) atoms. The van der Waals surface area contributed by atoms with Crippen LogP contribution in [0.1, 0.15) is 31.4 Å². The van der Waals surface area contributed by atoms with E-state index >= 15 is 0 Å². The standard InChI is InChI=1S/C26H23N3O3S2/c1-17-27-20(15-33-17)16-34-22-12-10-18(11-13-22)25(30)29-24-9-4-3-8-23(24)26(31)28-19-6-5-7-21(14-19)32-2/h3-15H,16H2,1-2H3,(H,28,31)(H,29,30). The van der Waals surface area contributed by atoms with E-state index in [0.717, 1.165) is 21.3 Å². The molecule has 0 aliphatic heterocycles. The van der Waals surface area contributed by atoms with Gasteiger partial charge in [0.15, 0.2) is 0 Å². The maximum absolute atomic E-state index is 12.9. The second-order valence-corrected chi connectivity index (χ2v) is 9.47. The van der Waals surface area contributed by atoms with Gasteiger partial charge in [-0.2, -0.15) is 0 Å². The average Bonchev–Trinajstić information content (AvgIpc) is 3.28. The highest BCUT2D eigenvalue weighted by molar-refractivity contribution is 7.98. The van der Waals surface area contributed by atoms with Gasteiger partial charge in [0.2, 0.25) is 0 Å². The summed E-state index contributed by atoms with van der Waals surface area (Å²) in [5.74, 6) is 0.815. The first-order valence-corrected chi connectivity index (χ1v) is 12.4. The number of methoxy groups -OCH3 is 1. The molecule has 2 amide bonds. The van der Waals surface area contributed by atoms with Crippen LogP contribution in [0.5, 0.6) is 5.75 Å². The van der Waals surface area contributed by atoms with Crippen LogP contribution in [0.25, 0.3) is 0 Å². The summed E-state index contributed by atoms with van der Waals surface area (Å²) >= 11 is 3.31. The topological polar surface area (TPSA) is 80.3 Å². The Hall–Kier alpha value is -3.62. The number of hydrogen-bond acceptors (Lipinski definition) is 6. The summed E-state index contributed by atoms with van der Waals surface area (Å²) in [5, 5.41) is 8.82. The monoisotopic (exact) mass is 489 g/mol. The zero-order valence-corrected chi connectivity index (χ0v) is 20.3. The SMILES string of the molecule is COc1cccc(NC(=O)c2ccccc2NC(=O)c2ccc(SCc3csc(C)n3)cc2)c1. The highest BCUT2D eigenvalue weighted by atomic mass is 32.2. The fraction of sp³-hybridized carbons (Fsp3) is 0.115. The van der Waals surface area contributed by atoms with Crippen LogP contribution in [0.2, 0.25) is 0 Å². The van der Waals surface area contributed by atoms with Crippen molar-refractivity contribution in [2.75, 3.05) is 17.7 Å². The van der Waals surface area contributed by atoms with Gasteiger partial charge >= 0.3 is 0 Å².